The Labute approximate surface area is 158 Å². The van der Waals surface area contributed by atoms with Crippen molar-refractivity contribution in [2.45, 2.75) is 12.8 Å². The van der Waals surface area contributed by atoms with Crippen molar-refractivity contribution in [3.8, 4) is 5.75 Å². The van der Waals surface area contributed by atoms with Gasteiger partial charge in [-0.25, -0.2) is 9.59 Å². The van der Waals surface area contributed by atoms with Crippen LogP contribution in [0.25, 0.3) is 0 Å². The minimum atomic E-state index is -1.32. The minimum Gasteiger partial charge on any atom is -0.487 e. The highest BCUT2D eigenvalue weighted by atomic mass is 16.6. The first kappa shape index (κ1) is 20.4. The summed E-state index contributed by atoms with van der Waals surface area (Å²) in [4.78, 5) is 44.4. The van der Waals surface area contributed by atoms with Crippen LogP contribution in [0.5, 0.6) is 5.75 Å². The van der Waals surface area contributed by atoms with Gasteiger partial charge in [0.25, 0.3) is 0 Å². The molecule has 0 aliphatic rings. The number of benzene rings is 2. The van der Waals surface area contributed by atoms with Crippen LogP contribution in [0.4, 0.5) is 11.4 Å². The summed E-state index contributed by atoms with van der Waals surface area (Å²) in [7, 11) is 0. The number of carboxylic acid groups (broad SMARTS) is 2. The van der Waals surface area contributed by atoms with Crippen molar-refractivity contribution >= 4 is 29.2 Å². The van der Waals surface area contributed by atoms with E-state index in [2.05, 4.69) is 5.32 Å². The Morgan fingerprint density at radius 3 is 2.21 bits per heavy atom. The highest BCUT2D eigenvalue weighted by Gasteiger charge is 2.15. The molecule has 28 heavy (non-hydrogen) atoms. The molecular formula is C18H16N2O8. The van der Waals surface area contributed by atoms with Gasteiger partial charge in [-0.1, -0.05) is 12.1 Å². The van der Waals surface area contributed by atoms with Crippen LogP contribution in [0.2, 0.25) is 0 Å². The predicted octanol–water partition coefficient (Wildman–Crippen LogP) is 2.79. The number of carbonyl (C=O) groups is 3. The van der Waals surface area contributed by atoms with Crippen LogP contribution in [0.1, 0.15) is 33.6 Å². The predicted molar refractivity (Wildman–Crippen MR) is 96.8 cm³/mol. The summed E-state index contributed by atoms with van der Waals surface area (Å²) in [5, 5.41) is 31.4. The van der Waals surface area contributed by atoms with E-state index >= 15 is 0 Å². The molecule has 0 aliphatic carbocycles. The lowest BCUT2D eigenvalue weighted by molar-refractivity contribution is -0.385. The van der Waals surface area contributed by atoms with E-state index < -0.39 is 22.8 Å². The lowest BCUT2D eigenvalue weighted by Gasteiger charge is -2.09. The van der Waals surface area contributed by atoms with E-state index in [0.29, 0.717) is 0 Å². The number of nitrogens with zero attached hydrogens (tertiary/aromatic N) is 1. The smallest absolute Gasteiger partial charge is 0.335 e. The number of hydrogen-bond donors (Lipinski definition) is 3. The zero-order chi connectivity index (χ0) is 20.7. The Morgan fingerprint density at radius 2 is 1.64 bits per heavy atom. The van der Waals surface area contributed by atoms with Crippen LogP contribution in [-0.4, -0.2) is 39.6 Å². The highest BCUT2D eigenvalue weighted by molar-refractivity contribution is 5.98. The van der Waals surface area contributed by atoms with Gasteiger partial charge in [-0.3, -0.25) is 14.9 Å². The molecule has 1 amide bonds. The Balaban J connectivity index is 1.92. The van der Waals surface area contributed by atoms with Crippen molar-refractivity contribution in [2.24, 2.45) is 0 Å². The van der Waals surface area contributed by atoms with Crippen molar-refractivity contribution in [1.29, 1.82) is 0 Å². The lowest BCUT2D eigenvalue weighted by atomic mass is 10.1. The molecule has 0 aliphatic heterocycles. The second-order valence-corrected chi connectivity index (χ2v) is 5.63. The summed E-state index contributed by atoms with van der Waals surface area (Å²) >= 11 is 0. The number of anilines is 1. The maximum Gasteiger partial charge on any atom is 0.335 e. The maximum atomic E-state index is 12.0. The molecule has 10 nitrogen and oxygen atoms in total. The van der Waals surface area contributed by atoms with Crippen LogP contribution >= 0.6 is 0 Å². The molecule has 0 radical (unpaired) electrons. The highest BCUT2D eigenvalue weighted by Crippen LogP contribution is 2.26. The Kier molecular flexibility index (Phi) is 6.63. The fourth-order valence-corrected chi connectivity index (χ4v) is 2.32. The van der Waals surface area contributed by atoms with Crippen molar-refractivity contribution in [1.82, 2.24) is 0 Å². The summed E-state index contributed by atoms with van der Waals surface area (Å²) in [6.45, 7) is 0.0494. The molecule has 0 heterocycles. The molecule has 0 aromatic heterocycles. The van der Waals surface area contributed by atoms with E-state index in [-0.39, 0.29) is 47.7 Å². The number of para-hydroxylation sites is 2. The summed E-state index contributed by atoms with van der Waals surface area (Å²) in [5.74, 6) is -3.04. The summed E-state index contributed by atoms with van der Waals surface area (Å²) in [5.41, 5.74) is -0.676. The molecule has 10 heteroatoms. The summed E-state index contributed by atoms with van der Waals surface area (Å²) in [6, 6.07) is 9.13. The van der Waals surface area contributed by atoms with Gasteiger partial charge >= 0.3 is 17.6 Å². The van der Waals surface area contributed by atoms with Crippen molar-refractivity contribution in [3.63, 3.8) is 0 Å². The van der Waals surface area contributed by atoms with Gasteiger partial charge in [0, 0.05) is 18.2 Å². The molecule has 0 unspecified atom stereocenters. The zero-order valence-corrected chi connectivity index (χ0v) is 14.5. The quantitative estimate of drug-likeness (QED) is 0.336. The molecule has 0 atom stereocenters. The first-order valence-corrected chi connectivity index (χ1v) is 8.05. The largest absolute Gasteiger partial charge is 0.487 e. The maximum absolute atomic E-state index is 12.0. The van der Waals surface area contributed by atoms with E-state index in [1.165, 1.54) is 18.2 Å². The third kappa shape index (κ3) is 5.53. The first-order chi connectivity index (χ1) is 13.3. The number of aromatic carboxylic acids is 2. The van der Waals surface area contributed by atoms with E-state index in [1.54, 1.807) is 6.07 Å². The van der Waals surface area contributed by atoms with E-state index in [9.17, 15) is 24.5 Å². The number of carboxylic acids is 2. The van der Waals surface area contributed by atoms with Crippen LogP contribution in [-0.2, 0) is 4.79 Å². The molecular weight excluding hydrogens is 372 g/mol. The molecule has 0 saturated heterocycles. The summed E-state index contributed by atoms with van der Waals surface area (Å²) < 4.78 is 5.32. The van der Waals surface area contributed by atoms with Crippen molar-refractivity contribution in [3.05, 3.63) is 63.7 Å². The monoisotopic (exact) mass is 388 g/mol. The zero-order valence-electron chi connectivity index (χ0n) is 14.5. The van der Waals surface area contributed by atoms with E-state index in [0.717, 1.165) is 18.2 Å². The second kappa shape index (κ2) is 9.12. The molecule has 0 saturated carbocycles. The molecule has 0 spiro atoms. The van der Waals surface area contributed by atoms with Crippen molar-refractivity contribution in [2.75, 3.05) is 11.9 Å². The fraction of sp³-hybridized carbons (Fsp3) is 0.167. The molecule has 2 aromatic carbocycles. The average molecular weight is 388 g/mol. The number of carbonyl (C=O) groups excluding carboxylic acids is 1. The number of nitrogens with one attached hydrogen (secondary N) is 1. The number of rotatable bonds is 9. The van der Waals surface area contributed by atoms with Gasteiger partial charge in [0.2, 0.25) is 5.91 Å². The number of ether oxygens (including phenoxy) is 1. The number of amides is 1. The molecule has 0 fully saturated rings. The van der Waals surface area contributed by atoms with E-state index in [4.69, 9.17) is 14.9 Å². The topological polar surface area (TPSA) is 156 Å². The normalized spacial score (nSPS) is 10.1. The molecule has 3 N–H and O–H groups in total. The van der Waals surface area contributed by atoms with Crippen LogP contribution in [0.15, 0.2) is 42.5 Å². The summed E-state index contributed by atoms with van der Waals surface area (Å²) in [6.07, 6.45) is 0.225. The average Bonchev–Trinajstić information content (AvgIpc) is 2.65. The third-order valence-corrected chi connectivity index (χ3v) is 3.58. The van der Waals surface area contributed by atoms with Gasteiger partial charge in [-0.05, 0) is 30.7 Å². The molecule has 2 aromatic rings. The standard InChI is InChI=1S/C18H16N2O8/c21-16(6-3-7-28-15-5-2-1-4-14(15)20(26)27)19-13-9-11(17(22)23)8-12(10-13)18(24)25/h1-2,4-5,8-10H,3,6-7H2,(H,19,21)(H,22,23)(H,24,25). The molecule has 146 valence electrons. The Bertz CT molecular complexity index is 893. The third-order valence-electron chi connectivity index (χ3n) is 3.58. The van der Waals surface area contributed by atoms with Crippen LogP contribution < -0.4 is 10.1 Å². The van der Waals surface area contributed by atoms with Gasteiger partial charge in [-0.2, -0.15) is 0 Å². The van der Waals surface area contributed by atoms with Gasteiger partial charge < -0.3 is 20.3 Å². The van der Waals surface area contributed by atoms with Gasteiger partial charge in [0.1, 0.15) is 0 Å². The van der Waals surface area contributed by atoms with Gasteiger partial charge in [0.15, 0.2) is 5.75 Å². The van der Waals surface area contributed by atoms with E-state index in [1.807, 2.05) is 0 Å². The Hall–Kier alpha value is -3.95. The number of nitro benzene ring substituents is 1. The van der Waals surface area contributed by atoms with Crippen LogP contribution in [0.3, 0.4) is 0 Å². The number of hydrogen-bond acceptors (Lipinski definition) is 6. The SMILES string of the molecule is O=C(CCCOc1ccccc1[N+](=O)[O-])Nc1cc(C(=O)O)cc(C(=O)O)c1. The van der Waals surface area contributed by atoms with Gasteiger partial charge in [-0.15, -0.1) is 0 Å². The Morgan fingerprint density at radius 1 is 1.04 bits per heavy atom. The first-order valence-electron chi connectivity index (χ1n) is 8.05. The fourth-order valence-electron chi connectivity index (χ4n) is 2.32. The molecule has 2 rings (SSSR count). The van der Waals surface area contributed by atoms with Gasteiger partial charge in [0.05, 0.1) is 22.7 Å². The molecule has 0 bridgehead atoms. The second-order valence-electron chi connectivity index (χ2n) is 5.63. The lowest BCUT2D eigenvalue weighted by Crippen LogP contribution is -2.14. The van der Waals surface area contributed by atoms with Crippen LogP contribution in [0, 0.1) is 10.1 Å². The van der Waals surface area contributed by atoms with Crippen molar-refractivity contribution < 1.29 is 34.3 Å². The number of nitro groups is 1. The minimum absolute atomic E-state index is 0.0136.